The SMILES string of the molecule is COc1cc(-n2c(C)nc3ccccc3c2=O)ccc1NS(=O)(=O)c1c(C)cc(C)cc1C. The Morgan fingerprint density at radius 3 is 2.27 bits per heavy atom. The Labute approximate surface area is 192 Å². The second-order valence-corrected chi connectivity index (χ2v) is 9.65. The third-order valence-corrected chi connectivity index (χ3v) is 7.17. The number of nitrogens with zero attached hydrogens (tertiary/aromatic N) is 2. The fourth-order valence-electron chi connectivity index (χ4n) is 4.24. The summed E-state index contributed by atoms with van der Waals surface area (Å²) < 4.78 is 36.0. The lowest BCUT2D eigenvalue weighted by Crippen LogP contribution is -2.22. The molecule has 0 aliphatic rings. The summed E-state index contributed by atoms with van der Waals surface area (Å²) in [6.07, 6.45) is 0. The van der Waals surface area contributed by atoms with E-state index in [9.17, 15) is 13.2 Å². The minimum atomic E-state index is -3.86. The maximum absolute atomic E-state index is 13.2. The lowest BCUT2D eigenvalue weighted by molar-refractivity contribution is 0.416. The molecule has 0 fully saturated rings. The molecule has 0 saturated heterocycles. The molecule has 0 unspecified atom stereocenters. The van der Waals surface area contributed by atoms with E-state index < -0.39 is 10.0 Å². The summed E-state index contributed by atoms with van der Waals surface area (Å²) in [5, 5.41) is 0.497. The highest BCUT2D eigenvalue weighted by atomic mass is 32.2. The zero-order chi connectivity index (χ0) is 23.9. The lowest BCUT2D eigenvalue weighted by atomic mass is 10.1. The van der Waals surface area contributed by atoms with Crippen LogP contribution in [0.4, 0.5) is 5.69 Å². The molecular formula is C25H25N3O4S. The third kappa shape index (κ3) is 4.09. The van der Waals surface area contributed by atoms with E-state index in [0.717, 1.165) is 5.56 Å². The summed E-state index contributed by atoms with van der Waals surface area (Å²) in [5.41, 5.74) is 3.55. The normalized spacial score (nSPS) is 11.5. The predicted octanol–water partition coefficient (Wildman–Crippen LogP) is 4.43. The van der Waals surface area contributed by atoms with Crippen LogP contribution in [0, 0.1) is 27.7 Å². The highest BCUT2D eigenvalue weighted by Gasteiger charge is 2.22. The number of nitrogens with one attached hydrogen (secondary N) is 1. The highest BCUT2D eigenvalue weighted by Crippen LogP contribution is 2.31. The van der Waals surface area contributed by atoms with Crippen molar-refractivity contribution >= 4 is 26.6 Å². The topological polar surface area (TPSA) is 90.3 Å². The summed E-state index contributed by atoms with van der Waals surface area (Å²) in [4.78, 5) is 17.9. The van der Waals surface area contributed by atoms with Crippen LogP contribution in [0.25, 0.3) is 16.6 Å². The van der Waals surface area contributed by atoms with Crippen LogP contribution < -0.4 is 15.0 Å². The summed E-state index contributed by atoms with van der Waals surface area (Å²) in [7, 11) is -2.41. The smallest absolute Gasteiger partial charge is 0.265 e. The van der Waals surface area contributed by atoms with E-state index in [4.69, 9.17) is 4.74 Å². The average molecular weight is 464 g/mol. The van der Waals surface area contributed by atoms with Crippen LogP contribution in [0.2, 0.25) is 0 Å². The number of fused-ring (bicyclic) bond motifs is 1. The third-order valence-electron chi connectivity index (χ3n) is 5.50. The van der Waals surface area contributed by atoms with Gasteiger partial charge in [0.25, 0.3) is 15.6 Å². The van der Waals surface area contributed by atoms with Crippen molar-refractivity contribution in [3.63, 3.8) is 0 Å². The monoisotopic (exact) mass is 463 g/mol. The fraction of sp³-hybridized carbons (Fsp3) is 0.200. The summed E-state index contributed by atoms with van der Waals surface area (Å²) in [6.45, 7) is 7.23. The van der Waals surface area contributed by atoms with Gasteiger partial charge in [-0.05, 0) is 63.1 Å². The van der Waals surface area contributed by atoms with E-state index in [1.165, 1.54) is 11.7 Å². The van der Waals surface area contributed by atoms with Gasteiger partial charge in [0.1, 0.15) is 11.6 Å². The Morgan fingerprint density at radius 1 is 0.939 bits per heavy atom. The van der Waals surface area contributed by atoms with Crippen molar-refractivity contribution in [3.8, 4) is 11.4 Å². The van der Waals surface area contributed by atoms with Crippen LogP contribution in [0.1, 0.15) is 22.5 Å². The largest absolute Gasteiger partial charge is 0.494 e. The molecule has 1 N–H and O–H groups in total. The molecule has 0 aliphatic heterocycles. The number of methoxy groups -OCH3 is 1. The molecule has 0 bridgehead atoms. The van der Waals surface area contributed by atoms with E-state index in [1.807, 2.05) is 25.1 Å². The molecule has 7 nitrogen and oxygen atoms in total. The van der Waals surface area contributed by atoms with Crippen LogP contribution >= 0.6 is 0 Å². The molecule has 0 spiro atoms. The van der Waals surface area contributed by atoms with Crippen molar-refractivity contribution < 1.29 is 13.2 Å². The van der Waals surface area contributed by atoms with Crippen molar-refractivity contribution in [1.82, 2.24) is 9.55 Å². The molecule has 3 aromatic carbocycles. The summed E-state index contributed by atoms with van der Waals surface area (Å²) in [5.74, 6) is 0.804. The first kappa shape index (κ1) is 22.5. The van der Waals surface area contributed by atoms with Crippen molar-refractivity contribution in [2.24, 2.45) is 0 Å². The molecule has 4 aromatic rings. The van der Waals surface area contributed by atoms with Gasteiger partial charge in [-0.15, -0.1) is 0 Å². The fourth-order valence-corrected chi connectivity index (χ4v) is 5.76. The van der Waals surface area contributed by atoms with Crippen LogP contribution in [-0.2, 0) is 10.0 Å². The maximum Gasteiger partial charge on any atom is 0.265 e. The Morgan fingerprint density at radius 2 is 1.61 bits per heavy atom. The van der Waals surface area contributed by atoms with E-state index in [1.54, 1.807) is 57.2 Å². The number of para-hydroxylation sites is 1. The second kappa shape index (κ2) is 8.37. The Balaban J connectivity index is 1.79. The number of rotatable bonds is 5. The predicted molar refractivity (Wildman–Crippen MR) is 130 cm³/mol. The average Bonchev–Trinajstić information content (AvgIpc) is 2.73. The first-order valence-corrected chi connectivity index (χ1v) is 11.9. The van der Waals surface area contributed by atoms with Crippen LogP contribution in [0.3, 0.4) is 0 Å². The summed E-state index contributed by atoms with van der Waals surface area (Å²) in [6, 6.07) is 15.7. The van der Waals surface area contributed by atoms with Crippen molar-refractivity contribution in [2.45, 2.75) is 32.6 Å². The number of hydrogen-bond acceptors (Lipinski definition) is 5. The van der Waals surface area contributed by atoms with Crippen LogP contribution in [0.15, 0.2) is 64.3 Å². The first-order chi connectivity index (χ1) is 15.6. The van der Waals surface area contributed by atoms with E-state index in [2.05, 4.69) is 9.71 Å². The standard InChI is InChI=1S/C25H25N3O4S/c1-15-12-16(2)24(17(3)13-15)33(30,31)27-22-11-10-19(14-23(22)32-5)28-18(4)26-21-9-7-6-8-20(21)25(28)29/h6-14,27H,1-5H3. The number of aromatic nitrogens is 2. The second-order valence-electron chi connectivity index (χ2n) is 8.03. The number of benzene rings is 3. The molecule has 8 heteroatoms. The number of anilines is 1. The highest BCUT2D eigenvalue weighted by molar-refractivity contribution is 7.92. The van der Waals surface area contributed by atoms with Gasteiger partial charge in [0, 0.05) is 6.07 Å². The number of hydrogen-bond donors (Lipinski definition) is 1. The molecule has 0 amide bonds. The van der Waals surface area contributed by atoms with Gasteiger partial charge in [0.05, 0.1) is 34.3 Å². The molecule has 0 saturated carbocycles. The molecule has 0 atom stereocenters. The van der Waals surface area contributed by atoms with E-state index >= 15 is 0 Å². The van der Waals surface area contributed by atoms with Gasteiger partial charge >= 0.3 is 0 Å². The zero-order valence-electron chi connectivity index (χ0n) is 19.1. The molecule has 1 aromatic heterocycles. The number of sulfonamides is 1. The minimum Gasteiger partial charge on any atom is -0.494 e. The van der Waals surface area contributed by atoms with Gasteiger partial charge in [0.2, 0.25) is 0 Å². The molecule has 1 heterocycles. The Bertz CT molecular complexity index is 1530. The molecular weight excluding hydrogens is 438 g/mol. The maximum atomic E-state index is 13.2. The summed E-state index contributed by atoms with van der Waals surface area (Å²) >= 11 is 0. The quantitative estimate of drug-likeness (QED) is 0.473. The number of aryl methyl sites for hydroxylation is 4. The van der Waals surface area contributed by atoms with Gasteiger partial charge in [-0.2, -0.15) is 0 Å². The zero-order valence-corrected chi connectivity index (χ0v) is 19.9. The van der Waals surface area contributed by atoms with Gasteiger partial charge in [-0.25, -0.2) is 13.4 Å². The molecule has 33 heavy (non-hydrogen) atoms. The van der Waals surface area contributed by atoms with Gasteiger partial charge in [0.15, 0.2) is 0 Å². The van der Waals surface area contributed by atoms with E-state index in [0.29, 0.717) is 33.5 Å². The molecule has 0 radical (unpaired) electrons. The minimum absolute atomic E-state index is 0.209. The first-order valence-electron chi connectivity index (χ1n) is 10.4. The van der Waals surface area contributed by atoms with Crippen LogP contribution in [0.5, 0.6) is 5.75 Å². The number of ether oxygens (including phenoxy) is 1. The van der Waals surface area contributed by atoms with Crippen molar-refractivity contribution in [1.29, 1.82) is 0 Å². The molecule has 0 aliphatic carbocycles. The van der Waals surface area contributed by atoms with Crippen LogP contribution in [-0.4, -0.2) is 25.1 Å². The molecule has 4 rings (SSSR count). The molecule has 170 valence electrons. The van der Waals surface area contributed by atoms with Gasteiger partial charge in [-0.3, -0.25) is 14.1 Å². The Kier molecular flexibility index (Phi) is 5.71. The van der Waals surface area contributed by atoms with Crippen molar-refractivity contribution in [2.75, 3.05) is 11.8 Å². The Hall–Kier alpha value is -3.65. The van der Waals surface area contributed by atoms with Gasteiger partial charge < -0.3 is 4.74 Å². The van der Waals surface area contributed by atoms with Gasteiger partial charge in [-0.1, -0.05) is 29.8 Å². The lowest BCUT2D eigenvalue weighted by Gasteiger charge is -2.17. The van der Waals surface area contributed by atoms with Crippen molar-refractivity contribution in [3.05, 3.63) is 87.5 Å². The van der Waals surface area contributed by atoms with E-state index in [-0.39, 0.29) is 21.9 Å².